The van der Waals surface area contributed by atoms with Gasteiger partial charge in [-0.05, 0) is 39.0 Å². The molecule has 2 amide bonds. The van der Waals surface area contributed by atoms with Crippen LogP contribution in [0.5, 0.6) is 0 Å². The van der Waals surface area contributed by atoms with Crippen molar-refractivity contribution in [2.24, 2.45) is 0 Å². The van der Waals surface area contributed by atoms with Gasteiger partial charge in [-0.25, -0.2) is 0 Å². The largest absolute Gasteiger partial charge is 0.373 e. The minimum Gasteiger partial charge on any atom is -0.373 e. The summed E-state index contributed by atoms with van der Waals surface area (Å²) in [7, 11) is 0. The summed E-state index contributed by atoms with van der Waals surface area (Å²) in [6.07, 6.45) is 4.90. The standard InChI is InChI=1S/C14H22N2O3/c1-14(6-4-8-19-14)10-15-9-12(17)16-7-3-2-5-11(16)13(15)18/h11H,2-10H2,1H3. The van der Waals surface area contributed by atoms with Gasteiger partial charge in [-0.2, -0.15) is 0 Å². The molecule has 106 valence electrons. The lowest BCUT2D eigenvalue weighted by molar-refractivity contribution is -0.160. The highest BCUT2D eigenvalue weighted by Crippen LogP contribution is 2.29. The monoisotopic (exact) mass is 266 g/mol. The fourth-order valence-corrected chi connectivity index (χ4v) is 3.53. The molecule has 5 heteroatoms. The molecule has 3 rings (SSSR count). The predicted octanol–water partition coefficient (Wildman–Crippen LogP) is 0.779. The van der Waals surface area contributed by atoms with Crippen molar-refractivity contribution in [1.82, 2.24) is 9.80 Å². The Kier molecular flexibility index (Phi) is 3.25. The summed E-state index contributed by atoms with van der Waals surface area (Å²) in [6, 6.07) is -0.208. The van der Waals surface area contributed by atoms with Gasteiger partial charge in [0.15, 0.2) is 0 Å². The fourth-order valence-electron chi connectivity index (χ4n) is 3.53. The zero-order chi connectivity index (χ0) is 13.5. The normalized spacial score (nSPS) is 35.7. The number of nitrogens with zero attached hydrogens (tertiary/aromatic N) is 2. The van der Waals surface area contributed by atoms with Gasteiger partial charge in [-0.1, -0.05) is 0 Å². The van der Waals surface area contributed by atoms with E-state index in [2.05, 4.69) is 0 Å². The van der Waals surface area contributed by atoms with Crippen LogP contribution in [-0.4, -0.2) is 59.5 Å². The number of fused-ring (bicyclic) bond motifs is 1. The average molecular weight is 266 g/mol. The third-order valence-corrected chi connectivity index (χ3v) is 4.57. The first kappa shape index (κ1) is 12.9. The van der Waals surface area contributed by atoms with Gasteiger partial charge in [0, 0.05) is 13.2 Å². The molecule has 0 aromatic rings. The minimum atomic E-state index is -0.257. The molecule has 0 bridgehead atoms. The van der Waals surface area contributed by atoms with E-state index in [1.54, 1.807) is 9.80 Å². The molecule has 3 fully saturated rings. The second-order valence-corrected chi connectivity index (χ2v) is 6.19. The van der Waals surface area contributed by atoms with E-state index < -0.39 is 0 Å². The van der Waals surface area contributed by atoms with Gasteiger partial charge in [0.05, 0.1) is 18.7 Å². The summed E-state index contributed by atoms with van der Waals surface area (Å²) in [5.41, 5.74) is -0.257. The molecule has 0 radical (unpaired) electrons. The van der Waals surface area contributed by atoms with Crippen LogP contribution >= 0.6 is 0 Å². The van der Waals surface area contributed by atoms with Gasteiger partial charge >= 0.3 is 0 Å². The average Bonchev–Trinajstić information content (AvgIpc) is 2.82. The predicted molar refractivity (Wildman–Crippen MR) is 69.5 cm³/mol. The van der Waals surface area contributed by atoms with Gasteiger partial charge in [0.1, 0.15) is 6.04 Å². The van der Waals surface area contributed by atoms with Crippen LogP contribution in [0.15, 0.2) is 0 Å². The number of amides is 2. The molecule has 0 spiro atoms. The molecule has 3 heterocycles. The molecule has 3 aliphatic heterocycles. The van der Waals surface area contributed by atoms with Crippen LogP contribution in [0, 0.1) is 0 Å². The van der Waals surface area contributed by atoms with Crippen molar-refractivity contribution in [3.8, 4) is 0 Å². The number of ether oxygens (including phenoxy) is 1. The quantitative estimate of drug-likeness (QED) is 0.742. The Morgan fingerprint density at radius 1 is 1.32 bits per heavy atom. The van der Waals surface area contributed by atoms with E-state index >= 15 is 0 Å². The van der Waals surface area contributed by atoms with Gasteiger partial charge in [0.25, 0.3) is 0 Å². The molecule has 0 aromatic carbocycles. The Balaban J connectivity index is 1.72. The second-order valence-electron chi connectivity index (χ2n) is 6.19. The van der Waals surface area contributed by atoms with Crippen molar-refractivity contribution in [1.29, 1.82) is 0 Å². The first-order valence-corrected chi connectivity index (χ1v) is 7.31. The summed E-state index contributed by atoms with van der Waals surface area (Å²) >= 11 is 0. The maximum absolute atomic E-state index is 12.5. The Morgan fingerprint density at radius 2 is 2.16 bits per heavy atom. The zero-order valence-electron chi connectivity index (χ0n) is 11.6. The third kappa shape index (κ3) is 2.36. The number of carbonyl (C=O) groups is 2. The maximum atomic E-state index is 12.5. The van der Waals surface area contributed by atoms with Crippen LogP contribution in [0.1, 0.15) is 39.0 Å². The van der Waals surface area contributed by atoms with Crippen molar-refractivity contribution in [3.05, 3.63) is 0 Å². The molecule has 2 atom stereocenters. The molecule has 3 saturated heterocycles. The van der Waals surface area contributed by atoms with Crippen molar-refractivity contribution in [2.75, 3.05) is 26.2 Å². The van der Waals surface area contributed by atoms with Crippen LogP contribution in [0.3, 0.4) is 0 Å². The molecular weight excluding hydrogens is 244 g/mol. The number of piperazine rings is 1. The fraction of sp³-hybridized carbons (Fsp3) is 0.857. The van der Waals surface area contributed by atoms with Crippen molar-refractivity contribution in [3.63, 3.8) is 0 Å². The van der Waals surface area contributed by atoms with Crippen LogP contribution in [0.4, 0.5) is 0 Å². The lowest BCUT2D eigenvalue weighted by Gasteiger charge is -2.44. The van der Waals surface area contributed by atoms with Crippen LogP contribution in [0.25, 0.3) is 0 Å². The molecule has 0 N–H and O–H groups in total. The highest BCUT2D eigenvalue weighted by molar-refractivity contribution is 5.95. The number of hydrogen-bond acceptors (Lipinski definition) is 3. The van der Waals surface area contributed by atoms with Crippen LogP contribution in [0.2, 0.25) is 0 Å². The number of rotatable bonds is 2. The van der Waals surface area contributed by atoms with Gasteiger partial charge < -0.3 is 14.5 Å². The molecule has 5 nitrogen and oxygen atoms in total. The Bertz CT molecular complexity index is 390. The Hall–Kier alpha value is -1.10. The number of piperidine rings is 1. The number of hydrogen-bond donors (Lipinski definition) is 0. The lowest BCUT2D eigenvalue weighted by Crippen LogP contribution is -2.63. The summed E-state index contributed by atoms with van der Waals surface area (Å²) in [5, 5.41) is 0. The van der Waals surface area contributed by atoms with E-state index in [0.29, 0.717) is 6.54 Å². The topological polar surface area (TPSA) is 49.9 Å². The molecule has 2 unspecified atom stereocenters. The SMILES string of the molecule is CC1(CN2CC(=O)N3CCCCC3C2=O)CCCO1. The molecule has 3 aliphatic rings. The van der Waals surface area contributed by atoms with Crippen molar-refractivity contribution in [2.45, 2.75) is 50.7 Å². The Morgan fingerprint density at radius 3 is 2.89 bits per heavy atom. The maximum Gasteiger partial charge on any atom is 0.245 e. The van der Waals surface area contributed by atoms with Crippen LogP contribution in [-0.2, 0) is 14.3 Å². The van der Waals surface area contributed by atoms with E-state index in [-0.39, 0.29) is 30.0 Å². The van der Waals surface area contributed by atoms with Crippen LogP contribution < -0.4 is 0 Å². The first-order chi connectivity index (χ1) is 9.09. The van der Waals surface area contributed by atoms with Crippen molar-refractivity contribution < 1.29 is 14.3 Å². The summed E-state index contributed by atoms with van der Waals surface area (Å²) in [4.78, 5) is 28.2. The van der Waals surface area contributed by atoms with Crippen molar-refractivity contribution >= 4 is 11.8 Å². The highest BCUT2D eigenvalue weighted by atomic mass is 16.5. The molecule has 19 heavy (non-hydrogen) atoms. The second kappa shape index (κ2) is 4.78. The summed E-state index contributed by atoms with van der Waals surface area (Å²) < 4.78 is 5.74. The van der Waals surface area contributed by atoms with E-state index in [1.807, 2.05) is 6.92 Å². The van der Waals surface area contributed by atoms with Gasteiger partial charge in [0.2, 0.25) is 11.8 Å². The van der Waals surface area contributed by atoms with E-state index in [1.165, 1.54) is 0 Å². The summed E-state index contributed by atoms with van der Waals surface area (Å²) in [6.45, 7) is 4.35. The third-order valence-electron chi connectivity index (χ3n) is 4.57. The first-order valence-electron chi connectivity index (χ1n) is 7.31. The molecule has 0 aliphatic carbocycles. The lowest BCUT2D eigenvalue weighted by atomic mass is 9.96. The van der Waals surface area contributed by atoms with Gasteiger partial charge in [-0.15, -0.1) is 0 Å². The molecule has 0 aromatic heterocycles. The smallest absolute Gasteiger partial charge is 0.245 e. The minimum absolute atomic E-state index is 0.103. The Labute approximate surface area is 113 Å². The molecular formula is C14H22N2O3. The zero-order valence-corrected chi connectivity index (χ0v) is 11.6. The highest BCUT2D eigenvalue weighted by Gasteiger charge is 2.43. The van der Waals surface area contributed by atoms with E-state index in [0.717, 1.165) is 45.3 Å². The van der Waals surface area contributed by atoms with E-state index in [9.17, 15) is 9.59 Å². The van der Waals surface area contributed by atoms with Gasteiger partial charge in [-0.3, -0.25) is 9.59 Å². The molecule has 0 saturated carbocycles. The summed E-state index contributed by atoms with van der Waals surface area (Å²) in [5.74, 6) is 0.224. The number of carbonyl (C=O) groups excluding carboxylic acids is 2. The van der Waals surface area contributed by atoms with E-state index in [4.69, 9.17) is 4.74 Å².